The molecule has 0 aromatic carbocycles. The summed E-state index contributed by atoms with van der Waals surface area (Å²) in [6.45, 7) is 2.75. The molecule has 1 saturated heterocycles. The van der Waals surface area contributed by atoms with Gasteiger partial charge in [-0.05, 0) is 31.5 Å². The van der Waals surface area contributed by atoms with Crippen LogP contribution >= 0.6 is 0 Å². The first-order valence-corrected chi connectivity index (χ1v) is 6.72. The molecule has 0 spiro atoms. The summed E-state index contributed by atoms with van der Waals surface area (Å²) in [4.78, 5) is 6.91. The standard InChI is InChI=1S/C14H23N3O/c1-18-11-10-17-9-5-3-6-12(15)14(17)13-7-2-4-8-16-13/h2,4,7-8,12,14H,3,5-6,9-11,15H2,1H3. The molecule has 0 radical (unpaired) electrons. The molecular formula is C14H23N3O. The van der Waals surface area contributed by atoms with Gasteiger partial charge in [-0.15, -0.1) is 0 Å². The molecule has 0 aliphatic carbocycles. The summed E-state index contributed by atoms with van der Waals surface area (Å²) < 4.78 is 5.20. The smallest absolute Gasteiger partial charge is 0.0674 e. The Morgan fingerprint density at radius 1 is 1.44 bits per heavy atom. The van der Waals surface area contributed by atoms with Gasteiger partial charge in [0.1, 0.15) is 0 Å². The van der Waals surface area contributed by atoms with Crippen LogP contribution < -0.4 is 5.73 Å². The Morgan fingerprint density at radius 2 is 2.33 bits per heavy atom. The lowest BCUT2D eigenvalue weighted by Gasteiger charge is -2.32. The van der Waals surface area contributed by atoms with Gasteiger partial charge in [0.15, 0.2) is 0 Å². The summed E-state index contributed by atoms with van der Waals surface area (Å²) >= 11 is 0. The summed E-state index contributed by atoms with van der Waals surface area (Å²) in [5.41, 5.74) is 7.44. The van der Waals surface area contributed by atoms with Crippen molar-refractivity contribution < 1.29 is 4.74 Å². The van der Waals surface area contributed by atoms with E-state index in [1.807, 2.05) is 18.3 Å². The highest BCUT2D eigenvalue weighted by Crippen LogP contribution is 2.27. The number of hydrogen-bond donors (Lipinski definition) is 1. The van der Waals surface area contributed by atoms with Crippen molar-refractivity contribution in [2.24, 2.45) is 5.73 Å². The molecule has 100 valence electrons. The molecule has 2 heterocycles. The number of nitrogens with two attached hydrogens (primary N) is 1. The Labute approximate surface area is 109 Å². The molecule has 0 amide bonds. The van der Waals surface area contributed by atoms with E-state index in [9.17, 15) is 0 Å². The van der Waals surface area contributed by atoms with Gasteiger partial charge in [-0.2, -0.15) is 0 Å². The normalized spacial score (nSPS) is 25.9. The van der Waals surface area contributed by atoms with Crippen molar-refractivity contribution in [3.05, 3.63) is 30.1 Å². The van der Waals surface area contributed by atoms with Crippen molar-refractivity contribution in [1.29, 1.82) is 0 Å². The van der Waals surface area contributed by atoms with E-state index in [0.29, 0.717) is 0 Å². The molecule has 1 aromatic heterocycles. The van der Waals surface area contributed by atoms with Gasteiger partial charge in [-0.1, -0.05) is 12.5 Å². The third kappa shape index (κ3) is 3.28. The van der Waals surface area contributed by atoms with E-state index in [0.717, 1.165) is 31.8 Å². The number of likely N-dealkylation sites (tertiary alicyclic amines) is 1. The van der Waals surface area contributed by atoms with Gasteiger partial charge >= 0.3 is 0 Å². The van der Waals surface area contributed by atoms with Crippen LogP contribution in [0.1, 0.15) is 31.0 Å². The number of rotatable bonds is 4. The van der Waals surface area contributed by atoms with Crippen LogP contribution in [-0.4, -0.2) is 42.7 Å². The van der Waals surface area contributed by atoms with E-state index < -0.39 is 0 Å². The lowest BCUT2D eigenvalue weighted by molar-refractivity contribution is 0.113. The molecule has 1 aliphatic rings. The van der Waals surface area contributed by atoms with Gasteiger partial charge in [0.2, 0.25) is 0 Å². The van der Waals surface area contributed by atoms with Crippen molar-refractivity contribution in [2.45, 2.75) is 31.3 Å². The fourth-order valence-corrected chi connectivity index (χ4v) is 2.68. The first-order chi connectivity index (χ1) is 8.83. The predicted molar refractivity (Wildman–Crippen MR) is 72.3 cm³/mol. The van der Waals surface area contributed by atoms with Crippen molar-refractivity contribution in [3.63, 3.8) is 0 Å². The first-order valence-electron chi connectivity index (χ1n) is 6.72. The molecular weight excluding hydrogens is 226 g/mol. The SMILES string of the molecule is COCCN1CCCCC(N)C1c1ccccn1. The Bertz CT molecular complexity index is 344. The Hall–Kier alpha value is -0.970. The molecule has 4 nitrogen and oxygen atoms in total. The summed E-state index contributed by atoms with van der Waals surface area (Å²) in [6, 6.07) is 6.46. The summed E-state index contributed by atoms with van der Waals surface area (Å²) in [5.74, 6) is 0. The highest BCUT2D eigenvalue weighted by molar-refractivity contribution is 5.12. The highest BCUT2D eigenvalue weighted by Gasteiger charge is 2.29. The molecule has 4 heteroatoms. The van der Waals surface area contributed by atoms with E-state index in [1.165, 1.54) is 12.8 Å². The lowest BCUT2D eigenvalue weighted by Crippen LogP contribution is -2.41. The van der Waals surface area contributed by atoms with Crippen LogP contribution in [-0.2, 0) is 4.74 Å². The largest absolute Gasteiger partial charge is 0.383 e. The fraction of sp³-hybridized carbons (Fsp3) is 0.643. The number of pyridine rings is 1. The van der Waals surface area contributed by atoms with Gasteiger partial charge in [0.25, 0.3) is 0 Å². The Morgan fingerprint density at radius 3 is 3.06 bits per heavy atom. The maximum Gasteiger partial charge on any atom is 0.0674 e. The summed E-state index contributed by atoms with van der Waals surface area (Å²) in [7, 11) is 1.74. The first kappa shape index (κ1) is 13.5. The second-order valence-corrected chi connectivity index (χ2v) is 4.89. The monoisotopic (exact) mass is 249 g/mol. The minimum absolute atomic E-state index is 0.166. The zero-order chi connectivity index (χ0) is 12.8. The van der Waals surface area contributed by atoms with Crippen LogP contribution in [0.5, 0.6) is 0 Å². The van der Waals surface area contributed by atoms with Crippen molar-refractivity contribution in [2.75, 3.05) is 26.8 Å². The molecule has 2 rings (SSSR count). The van der Waals surface area contributed by atoms with Crippen LogP contribution in [0.2, 0.25) is 0 Å². The minimum atomic E-state index is 0.166. The molecule has 18 heavy (non-hydrogen) atoms. The number of hydrogen-bond acceptors (Lipinski definition) is 4. The Kier molecular flexibility index (Phi) is 5.11. The molecule has 1 aromatic rings. The van der Waals surface area contributed by atoms with Gasteiger partial charge in [-0.3, -0.25) is 9.88 Å². The van der Waals surface area contributed by atoms with Crippen LogP contribution in [0.3, 0.4) is 0 Å². The molecule has 2 atom stereocenters. The lowest BCUT2D eigenvalue weighted by atomic mass is 10.0. The van der Waals surface area contributed by atoms with Crippen molar-refractivity contribution >= 4 is 0 Å². The molecule has 1 fully saturated rings. The van der Waals surface area contributed by atoms with Crippen LogP contribution in [0.4, 0.5) is 0 Å². The maximum atomic E-state index is 6.35. The minimum Gasteiger partial charge on any atom is -0.383 e. The number of ether oxygens (including phenoxy) is 1. The van der Waals surface area contributed by atoms with Crippen molar-refractivity contribution in [1.82, 2.24) is 9.88 Å². The second-order valence-electron chi connectivity index (χ2n) is 4.89. The van der Waals surface area contributed by atoms with E-state index in [1.54, 1.807) is 7.11 Å². The molecule has 2 N–H and O–H groups in total. The molecule has 0 bridgehead atoms. The quantitative estimate of drug-likeness (QED) is 0.880. The fourth-order valence-electron chi connectivity index (χ4n) is 2.68. The van der Waals surface area contributed by atoms with Crippen LogP contribution in [0.15, 0.2) is 24.4 Å². The third-order valence-corrected chi connectivity index (χ3v) is 3.61. The number of aromatic nitrogens is 1. The molecule has 0 saturated carbocycles. The summed E-state index contributed by atoms with van der Waals surface area (Å²) in [5, 5.41) is 0. The topological polar surface area (TPSA) is 51.4 Å². The zero-order valence-electron chi connectivity index (χ0n) is 11.1. The third-order valence-electron chi connectivity index (χ3n) is 3.61. The van der Waals surface area contributed by atoms with Gasteiger partial charge in [0, 0.05) is 25.9 Å². The van der Waals surface area contributed by atoms with Crippen molar-refractivity contribution in [3.8, 4) is 0 Å². The van der Waals surface area contributed by atoms with Crippen LogP contribution in [0.25, 0.3) is 0 Å². The predicted octanol–water partition coefficient (Wildman–Crippen LogP) is 1.58. The Balaban J connectivity index is 2.18. The average Bonchev–Trinajstić information content (AvgIpc) is 2.59. The number of nitrogens with zero attached hydrogens (tertiary/aromatic N) is 2. The average molecular weight is 249 g/mol. The van der Waals surface area contributed by atoms with Gasteiger partial charge < -0.3 is 10.5 Å². The van der Waals surface area contributed by atoms with Crippen LogP contribution in [0, 0.1) is 0 Å². The zero-order valence-corrected chi connectivity index (χ0v) is 11.1. The highest BCUT2D eigenvalue weighted by atomic mass is 16.5. The molecule has 1 aliphatic heterocycles. The second kappa shape index (κ2) is 6.83. The van der Waals surface area contributed by atoms with E-state index in [2.05, 4.69) is 16.0 Å². The molecule has 2 unspecified atom stereocenters. The maximum absolute atomic E-state index is 6.35. The van der Waals surface area contributed by atoms with E-state index in [-0.39, 0.29) is 12.1 Å². The van der Waals surface area contributed by atoms with E-state index >= 15 is 0 Å². The van der Waals surface area contributed by atoms with Gasteiger partial charge in [0.05, 0.1) is 18.3 Å². The summed E-state index contributed by atoms with van der Waals surface area (Å²) in [6.07, 6.45) is 5.33. The number of methoxy groups -OCH3 is 1. The van der Waals surface area contributed by atoms with Gasteiger partial charge in [-0.25, -0.2) is 0 Å². The van der Waals surface area contributed by atoms with E-state index in [4.69, 9.17) is 10.5 Å².